The highest BCUT2D eigenvalue weighted by Crippen LogP contribution is 2.35. The average Bonchev–Trinajstić information content (AvgIpc) is 2.87. The molecule has 34 heavy (non-hydrogen) atoms. The first-order chi connectivity index (χ1) is 16.7. The Morgan fingerprint density at radius 3 is 2.68 bits per heavy atom. The van der Waals surface area contributed by atoms with Gasteiger partial charge in [0.1, 0.15) is 19.0 Å². The van der Waals surface area contributed by atoms with E-state index in [9.17, 15) is 9.18 Å². The van der Waals surface area contributed by atoms with Crippen LogP contribution in [-0.4, -0.2) is 53.3 Å². The summed E-state index contributed by atoms with van der Waals surface area (Å²) >= 11 is 0. The Labute approximate surface area is 197 Å². The van der Waals surface area contributed by atoms with Gasteiger partial charge in [0, 0.05) is 49.3 Å². The van der Waals surface area contributed by atoms with Crippen molar-refractivity contribution >= 4 is 10.9 Å². The Morgan fingerprint density at radius 2 is 1.82 bits per heavy atom. The van der Waals surface area contributed by atoms with E-state index in [1.54, 1.807) is 29.0 Å². The monoisotopic (exact) mass is 464 g/mol. The maximum absolute atomic E-state index is 14.9. The molecule has 8 heteroatoms. The van der Waals surface area contributed by atoms with Crippen molar-refractivity contribution in [2.24, 2.45) is 0 Å². The van der Waals surface area contributed by atoms with Gasteiger partial charge in [0.2, 0.25) is 0 Å². The van der Waals surface area contributed by atoms with Gasteiger partial charge in [-0.25, -0.2) is 4.39 Å². The molecule has 1 N–H and O–H groups in total. The molecule has 3 aromatic rings. The van der Waals surface area contributed by atoms with Crippen LogP contribution < -0.4 is 20.3 Å². The van der Waals surface area contributed by atoms with Crippen LogP contribution in [0, 0.1) is 5.82 Å². The van der Waals surface area contributed by atoms with Crippen molar-refractivity contribution in [2.75, 3.05) is 32.8 Å². The van der Waals surface area contributed by atoms with Crippen LogP contribution in [0.4, 0.5) is 4.39 Å². The van der Waals surface area contributed by atoms with Crippen LogP contribution in [-0.2, 0) is 13.1 Å². The Bertz CT molecular complexity index is 1270. The first kappa shape index (κ1) is 21.6. The lowest BCUT2D eigenvalue weighted by Crippen LogP contribution is -2.44. The van der Waals surface area contributed by atoms with Gasteiger partial charge < -0.3 is 24.3 Å². The first-order valence-corrected chi connectivity index (χ1v) is 12.2. The minimum absolute atomic E-state index is 0.0443. The molecule has 3 aliphatic rings. The van der Waals surface area contributed by atoms with Crippen LogP contribution in [0.2, 0.25) is 0 Å². The fourth-order valence-electron chi connectivity index (χ4n) is 5.59. The number of hydrogen-bond acceptors (Lipinski definition) is 6. The Hall–Kier alpha value is -2.97. The molecule has 0 spiro atoms. The lowest BCUT2D eigenvalue weighted by Gasteiger charge is -2.36. The number of benzene rings is 1. The SMILES string of the molecule is O=c1ccc2ccc(F)c3c2n1CCC3CN1CCC(NCc2cc3c(cn2)OCCO3)CC1. The van der Waals surface area contributed by atoms with E-state index < -0.39 is 0 Å². The predicted molar refractivity (Wildman–Crippen MR) is 127 cm³/mol. The number of pyridine rings is 2. The zero-order chi connectivity index (χ0) is 23.1. The van der Waals surface area contributed by atoms with Crippen LogP contribution in [0.5, 0.6) is 11.5 Å². The third-order valence-corrected chi connectivity index (χ3v) is 7.37. The van der Waals surface area contributed by atoms with E-state index in [1.165, 1.54) is 0 Å². The Kier molecular flexibility index (Phi) is 5.71. The van der Waals surface area contributed by atoms with Gasteiger partial charge in [0.15, 0.2) is 11.5 Å². The highest BCUT2D eigenvalue weighted by atomic mass is 19.1. The lowest BCUT2D eigenvalue weighted by molar-refractivity contribution is 0.170. The van der Waals surface area contributed by atoms with Gasteiger partial charge in [0.25, 0.3) is 5.56 Å². The summed E-state index contributed by atoms with van der Waals surface area (Å²) in [6, 6.07) is 9.11. The quantitative estimate of drug-likeness (QED) is 0.626. The number of aryl methyl sites for hydroxylation is 1. The van der Waals surface area contributed by atoms with Gasteiger partial charge in [-0.1, -0.05) is 0 Å². The molecule has 0 radical (unpaired) electrons. The predicted octanol–water partition coefficient (Wildman–Crippen LogP) is 3.05. The summed E-state index contributed by atoms with van der Waals surface area (Å²) in [6.07, 6.45) is 4.62. The standard InChI is InChI=1S/C26H29FN4O3/c27-21-3-1-17-2-4-24(32)31-10-5-18(25(21)26(17)31)16-30-8-6-19(7-9-30)28-14-20-13-22-23(15-29-20)34-12-11-33-22/h1-4,13,15,18-19,28H,5-12,14,16H2. The maximum atomic E-state index is 14.9. The summed E-state index contributed by atoms with van der Waals surface area (Å²) < 4.78 is 27.9. The van der Waals surface area contributed by atoms with Gasteiger partial charge in [-0.2, -0.15) is 0 Å². The molecular formula is C26H29FN4O3. The van der Waals surface area contributed by atoms with Gasteiger partial charge in [0.05, 0.1) is 17.4 Å². The molecule has 1 saturated heterocycles. The molecule has 3 aliphatic heterocycles. The summed E-state index contributed by atoms with van der Waals surface area (Å²) in [5, 5.41) is 4.57. The summed E-state index contributed by atoms with van der Waals surface area (Å²) in [7, 11) is 0. The molecule has 1 unspecified atom stereocenters. The summed E-state index contributed by atoms with van der Waals surface area (Å²) in [5.41, 5.74) is 2.40. The van der Waals surface area contributed by atoms with E-state index in [2.05, 4.69) is 15.2 Å². The summed E-state index contributed by atoms with van der Waals surface area (Å²) in [5.74, 6) is 1.40. The van der Waals surface area contributed by atoms with Gasteiger partial charge in [-0.3, -0.25) is 9.78 Å². The second kappa shape index (κ2) is 9.00. The minimum atomic E-state index is -0.194. The summed E-state index contributed by atoms with van der Waals surface area (Å²) in [4.78, 5) is 19.3. The second-order valence-electron chi connectivity index (χ2n) is 9.48. The van der Waals surface area contributed by atoms with E-state index in [0.29, 0.717) is 43.7 Å². The topological polar surface area (TPSA) is 68.6 Å². The van der Waals surface area contributed by atoms with E-state index in [4.69, 9.17) is 9.47 Å². The number of piperidine rings is 1. The maximum Gasteiger partial charge on any atom is 0.251 e. The normalized spacial score (nSPS) is 20.6. The van der Waals surface area contributed by atoms with Gasteiger partial charge >= 0.3 is 0 Å². The molecular weight excluding hydrogens is 435 g/mol. The van der Waals surface area contributed by atoms with Gasteiger partial charge in [-0.15, -0.1) is 0 Å². The van der Waals surface area contributed by atoms with Crippen LogP contribution in [0.15, 0.2) is 41.3 Å². The number of ether oxygens (including phenoxy) is 2. The number of nitrogens with one attached hydrogen (secondary N) is 1. The minimum Gasteiger partial charge on any atom is -0.486 e. The third kappa shape index (κ3) is 4.05. The number of likely N-dealkylation sites (tertiary alicyclic amines) is 1. The molecule has 0 bridgehead atoms. The number of halogens is 1. The molecule has 1 fully saturated rings. The second-order valence-corrected chi connectivity index (χ2v) is 9.48. The highest BCUT2D eigenvalue weighted by molar-refractivity contribution is 5.83. The van der Waals surface area contributed by atoms with Crippen molar-refractivity contribution in [3.8, 4) is 11.5 Å². The zero-order valence-corrected chi connectivity index (χ0v) is 19.1. The smallest absolute Gasteiger partial charge is 0.251 e. The van der Waals surface area contributed by atoms with Crippen LogP contribution >= 0.6 is 0 Å². The van der Waals surface area contributed by atoms with Crippen LogP contribution in [0.3, 0.4) is 0 Å². The van der Waals surface area contributed by atoms with Crippen molar-refractivity contribution < 1.29 is 13.9 Å². The van der Waals surface area contributed by atoms with E-state index in [1.807, 2.05) is 12.1 Å². The molecule has 0 aliphatic carbocycles. The van der Waals surface area contributed by atoms with Crippen molar-refractivity contribution in [1.29, 1.82) is 0 Å². The summed E-state index contributed by atoms with van der Waals surface area (Å²) in [6.45, 7) is 5.27. The molecule has 178 valence electrons. The third-order valence-electron chi connectivity index (χ3n) is 7.37. The number of hydrogen-bond donors (Lipinski definition) is 1. The lowest BCUT2D eigenvalue weighted by atomic mass is 9.88. The molecule has 5 heterocycles. The number of fused-ring (bicyclic) bond motifs is 1. The first-order valence-electron chi connectivity index (χ1n) is 12.2. The highest BCUT2D eigenvalue weighted by Gasteiger charge is 2.29. The molecule has 2 aromatic heterocycles. The van der Waals surface area contributed by atoms with Crippen molar-refractivity contribution in [1.82, 2.24) is 19.8 Å². The van der Waals surface area contributed by atoms with Crippen molar-refractivity contribution in [3.05, 3.63) is 64.0 Å². The number of nitrogens with zero attached hydrogens (tertiary/aromatic N) is 3. The molecule has 1 atom stereocenters. The molecule has 0 saturated carbocycles. The fraction of sp³-hybridized carbons (Fsp3) is 0.462. The Balaban J connectivity index is 1.07. The molecule has 0 amide bonds. The van der Waals surface area contributed by atoms with E-state index >= 15 is 0 Å². The van der Waals surface area contributed by atoms with Gasteiger partial charge in [-0.05, 0) is 55.9 Å². The number of aromatic nitrogens is 2. The zero-order valence-electron chi connectivity index (χ0n) is 19.1. The fourth-order valence-corrected chi connectivity index (χ4v) is 5.59. The average molecular weight is 465 g/mol. The van der Waals surface area contributed by atoms with Crippen molar-refractivity contribution in [3.63, 3.8) is 0 Å². The van der Waals surface area contributed by atoms with Crippen LogP contribution in [0.25, 0.3) is 10.9 Å². The van der Waals surface area contributed by atoms with E-state index in [-0.39, 0.29) is 17.3 Å². The van der Waals surface area contributed by atoms with Crippen LogP contribution in [0.1, 0.15) is 36.4 Å². The molecule has 7 nitrogen and oxygen atoms in total. The Morgan fingerprint density at radius 1 is 1.03 bits per heavy atom. The van der Waals surface area contributed by atoms with E-state index in [0.717, 1.165) is 61.2 Å². The molecule has 6 rings (SSSR count). The van der Waals surface area contributed by atoms with Crippen molar-refractivity contribution in [2.45, 2.75) is 44.3 Å². The largest absolute Gasteiger partial charge is 0.486 e. The number of rotatable bonds is 5. The molecule has 1 aromatic carbocycles.